The predicted octanol–water partition coefficient (Wildman–Crippen LogP) is 4.68. The number of para-hydroxylation sites is 2. The lowest BCUT2D eigenvalue weighted by molar-refractivity contribution is -0.137. The van der Waals surface area contributed by atoms with Crippen molar-refractivity contribution in [1.29, 1.82) is 0 Å². The highest BCUT2D eigenvalue weighted by atomic mass is 19.4. The summed E-state index contributed by atoms with van der Waals surface area (Å²) in [6.07, 6.45) is 0.607. The third-order valence-electron chi connectivity index (χ3n) is 5.77. The summed E-state index contributed by atoms with van der Waals surface area (Å²) in [5.74, 6) is 0.651. The maximum Gasteiger partial charge on any atom is 0.416 e. The number of hydrogen-bond acceptors (Lipinski definition) is 4. The van der Waals surface area contributed by atoms with Gasteiger partial charge in [0, 0.05) is 6.54 Å². The van der Waals surface area contributed by atoms with Crippen LogP contribution in [0.15, 0.2) is 54.9 Å². The topological polar surface area (TPSA) is 62.6 Å². The van der Waals surface area contributed by atoms with Crippen LogP contribution in [0.25, 0.3) is 16.7 Å². The van der Waals surface area contributed by atoms with Gasteiger partial charge in [-0.05, 0) is 50.1 Å². The highest BCUT2D eigenvalue weighted by Gasteiger charge is 2.42. The average molecular weight is 412 g/mol. The first-order chi connectivity index (χ1) is 14.4. The highest BCUT2D eigenvalue weighted by molar-refractivity contribution is 5.77. The van der Waals surface area contributed by atoms with Gasteiger partial charge in [0.25, 0.3) is 0 Å². The number of rotatable bonds is 3. The summed E-state index contributed by atoms with van der Waals surface area (Å²) >= 11 is 0. The van der Waals surface area contributed by atoms with Gasteiger partial charge in [0.2, 0.25) is 0 Å². The van der Waals surface area contributed by atoms with E-state index in [0.29, 0.717) is 16.9 Å². The van der Waals surface area contributed by atoms with E-state index in [1.54, 1.807) is 17.2 Å². The molecule has 0 saturated carbocycles. The molecule has 0 bridgehead atoms. The van der Waals surface area contributed by atoms with Crippen LogP contribution in [-0.2, 0) is 11.7 Å². The van der Waals surface area contributed by atoms with Crippen molar-refractivity contribution in [2.75, 3.05) is 11.4 Å². The molecule has 0 amide bonds. The van der Waals surface area contributed by atoms with E-state index in [1.807, 2.05) is 24.3 Å². The van der Waals surface area contributed by atoms with Gasteiger partial charge in [-0.3, -0.25) is 0 Å². The average Bonchev–Trinajstić information content (AvgIpc) is 3.46. The van der Waals surface area contributed by atoms with Crippen molar-refractivity contribution >= 4 is 16.7 Å². The number of H-pyrrole nitrogens is 1. The normalized spacial score (nSPS) is 19.7. The molecule has 1 saturated heterocycles. The van der Waals surface area contributed by atoms with Crippen LogP contribution in [0.3, 0.4) is 0 Å². The van der Waals surface area contributed by atoms with Crippen molar-refractivity contribution in [3.8, 4) is 5.69 Å². The van der Waals surface area contributed by atoms with Crippen LogP contribution in [0.1, 0.15) is 31.2 Å². The molecule has 2 aromatic heterocycles. The van der Waals surface area contributed by atoms with Crippen molar-refractivity contribution in [3.63, 3.8) is 0 Å². The second kappa shape index (κ2) is 6.58. The van der Waals surface area contributed by atoms with Gasteiger partial charge >= 0.3 is 6.18 Å². The first-order valence-corrected chi connectivity index (χ1v) is 9.67. The fourth-order valence-electron chi connectivity index (χ4n) is 4.24. The van der Waals surface area contributed by atoms with E-state index in [1.165, 1.54) is 6.07 Å². The number of fused-ring (bicyclic) bond motifs is 1. The molecule has 1 aliphatic heterocycles. The molecule has 9 heteroatoms. The Morgan fingerprint density at radius 2 is 1.77 bits per heavy atom. The lowest BCUT2D eigenvalue weighted by Crippen LogP contribution is -2.40. The van der Waals surface area contributed by atoms with Crippen molar-refractivity contribution in [2.45, 2.75) is 31.5 Å². The number of nitrogens with one attached hydrogen (secondary N) is 1. The molecule has 5 rings (SSSR count). The van der Waals surface area contributed by atoms with Crippen LogP contribution in [0, 0.1) is 0 Å². The molecule has 0 unspecified atom stereocenters. The molecular formula is C21H19F3N6. The lowest BCUT2D eigenvalue weighted by atomic mass is 9.97. The van der Waals surface area contributed by atoms with Crippen LogP contribution in [0.4, 0.5) is 18.9 Å². The smallest absolute Gasteiger partial charge is 0.357 e. The van der Waals surface area contributed by atoms with Gasteiger partial charge in [-0.2, -0.15) is 23.4 Å². The minimum absolute atomic E-state index is 0.384. The Kier molecular flexibility index (Phi) is 4.09. The van der Waals surface area contributed by atoms with Gasteiger partial charge in [-0.15, -0.1) is 4.80 Å². The lowest BCUT2D eigenvalue weighted by Gasteiger charge is -2.36. The summed E-state index contributed by atoms with van der Waals surface area (Å²) in [5, 5.41) is 8.51. The first kappa shape index (κ1) is 18.7. The Morgan fingerprint density at radius 3 is 2.50 bits per heavy atom. The van der Waals surface area contributed by atoms with Crippen LogP contribution >= 0.6 is 0 Å². The highest BCUT2D eigenvalue weighted by Crippen LogP contribution is 2.43. The number of anilines is 1. The Bertz CT molecular complexity index is 1200. The standard InChI is InChI=1S/C21H19F3N6/c1-20(19-27-15-8-7-14(21(22,23)24)13-16(15)28-19)9-4-12-29(20)17-5-2-3-6-18(17)30-25-10-11-26-30/h2-3,5-8,10-11,13H,4,9,12H2,1H3,(H,27,28)/t20-/m0/s1. The summed E-state index contributed by atoms with van der Waals surface area (Å²) in [6.45, 7) is 2.86. The third-order valence-corrected chi connectivity index (χ3v) is 5.77. The quantitative estimate of drug-likeness (QED) is 0.531. The molecule has 1 N–H and O–H groups in total. The zero-order valence-corrected chi connectivity index (χ0v) is 16.2. The van der Waals surface area contributed by atoms with Gasteiger partial charge < -0.3 is 9.88 Å². The van der Waals surface area contributed by atoms with E-state index in [4.69, 9.17) is 0 Å². The van der Waals surface area contributed by atoms with Crippen molar-refractivity contribution in [1.82, 2.24) is 25.0 Å². The number of imidazole rings is 1. The number of aromatic nitrogens is 5. The summed E-state index contributed by atoms with van der Waals surface area (Å²) in [4.78, 5) is 11.6. The second-order valence-corrected chi connectivity index (χ2v) is 7.65. The molecule has 30 heavy (non-hydrogen) atoms. The molecule has 0 radical (unpaired) electrons. The van der Waals surface area contributed by atoms with Gasteiger partial charge in [0.15, 0.2) is 0 Å². The number of benzene rings is 2. The fourth-order valence-corrected chi connectivity index (χ4v) is 4.24. The number of halogens is 3. The van der Waals surface area contributed by atoms with E-state index in [-0.39, 0.29) is 0 Å². The maximum atomic E-state index is 13.1. The Labute approximate surface area is 170 Å². The zero-order valence-electron chi connectivity index (χ0n) is 16.2. The van der Waals surface area contributed by atoms with Crippen LogP contribution in [-0.4, -0.2) is 31.5 Å². The summed E-state index contributed by atoms with van der Waals surface area (Å²) in [6, 6.07) is 11.4. The monoisotopic (exact) mass is 412 g/mol. The molecular weight excluding hydrogens is 393 g/mol. The fraction of sp³-hybridized carbons (Fsp3) is 0.286. The number of hydrogen-bond donors (Lipinski definition) is 1. The molecule has 0 aliphatic carbocycles. The van der Waals surface area contributed by atoms with Crippen molar-refractivity contribution in [2.24, 2.45) is 0 Å². The van der Waals surface area contributed by atoms with Gasteiger partial charge in [-0.1, -0.05) is 12.1 Å². The number of alkyl halides is 3. The molecule has 0 spiro atoms. The van der Waals surface area contributed by atoms with Crippen LogP contribution in [0.2, 0.25) is 0 Å². The third kappa shape index (κ3) is 2.92. The van der Waals surface area contributed by atoms with E-state index >= 15 is 0 Å². The Balaban J connectivity index is 1.59. The zero-order chi connectivity index (χ0) is 20.9. The molecule has 1 fully saturated rings. The minimum atomic E-state index is -4.39. The Hall–Kier alpha value is -3.36. The molecule has 4 aromatic rings. The Morgan fingerprint density at radius 1 is 1.03 bits per heavy atom. The largest absolute Gasteiger partial charge is 0.416 e. The summed E-state index contributed by atoms with van der Waals surface area (Å²) < 4.78 is 39.3. The number of nitrogens with zero attached hydrogens (tertiary/aromatic N) is 5. The van der Waals surface area contributed by atoms with Gasteiger partial charge in [-0.25, -0.2) is 4.98 Å². The molecule has 1 aliphatic rings. The van der Waals surface area contributed by atoms with Gasteiger partial charge in [0.1, 0.15) is 11.5 Å². The minimum Gasteiger partial charge on any atom is -0.357 e. The predicted molar refractivity (Wildman–Crippen MR) is 106 cm³/mol. The molecule has 3 heterocycles. The number of aromatic amines is 1. The summed E-state index contributed by atoms with van der Waals surface area (Å²) in [7, 11) is 0. The van der Waals surface area contributed by atoms with E-state index < -0.39 is 17.3 Å². The van der Waals surface area contributed by atoms with E-state index in [9.17, 15) is 13.2 Å². The molecule has 154 valence electrons. The second-order valence-electron chi connectivity index (χ2n) is 7.65. The maximum absolute atomic E-state index is 13.1. The van der Waals surface area contributed by atoms with Crippen molar-refractivity contribution in [3.05, 3.63) is 66.2 Å². The van der Waals surface area contributed by atoms with Crippen LogP contribution in [0.5, 0.6) is 0 Å². The van der Waals surface area contributed by atoms with Crippen molar-refractivity contribution < 1.29 is 13.2 Å². The molecule has 6 nitrogen and oxygen atoms in total. The van der Waals surface area contributed by atoms with Gasteiger partial charge in [0.05, 0.1) is 40.2 Å². The summed E-state index contributed by atoms with van der Waals surface area (Å²) in [5.41, 5.74) is 1.51. The first-order valence-electron chi connectivity index (χ1n) is 9.67. The van der Waals surface area contributed by atoms with Crippen LogP contribution < -0.4 is 4.90 Å². The SMILES string of the molecule is C[C@@]1(c2nc3ccc(C(F)(F)F)cc3[nH]2)CCCN1c1ccccc1-n1nccn1. The van der Waals surface area contributed by atoms with E-state index in [2.05, 4.69) is 32.0 Å². The molecule has 2 aromatic carbocycles. The van der Waals surface area contributed by atoms with E-state index in [0.717, 1.165) is 42.9 Å². The molecule has 1 atom stereocenters.